The first-order valence-electron chi connectivity index (χ1n) is 8.69. The molecule has 0 atom stereocenters. The minimum atomic E-state index is 0.540. The molecule has 0 aliphatic rings. The lowest BCUT2D eigenvalue weighted by atomic mass is 10.3. The van der Waals surface area contributed by atoms with E-state index in [1.807, 2.05) is 62.0 Å². The summed E-state index contributed by atoms with van der Waals surface area (Å²) in [5, 5.41) is 10.9. The van der Waals surface area contributed by atoms with Gasteiger partial charge in [-0.1, -0.05) is 6.07 Å². The fourth-order valence-corrected chi connectivity index (χ4v) is 2.59. The van der Waals surface area contributed by atoms with Crippen LogP contribution in [0.25, 0.3) is 5.82 Å². The van der Waals surface area contributed by atoms with Gasteiger partial charge in [0.1, 0.15) is 5.76 Å². The molecule has 0 bridgehead atoms. The van der Waals surface area contributed by atoms with Crippen molar-refractivity contribution in [3.63, 3.8) is 0 Å². The molecule has 2 N–H and O–H groups in total. The van der Waals surface area contributed by atoms with Gasteiger partial charge < -0.3 is 15.1 Å². The van der Waals surface area contributed by atoms with Gasteiger partial charge in [-0.3, -0.25) is 0 Å². The van der Waals surface area contributed by atoms with E-state index >= 15 is 0 Å². The summed E-state index contributed by atoms with van der Waals surface area (Å²) in [6, 6.07) is 9.83. The second kappa shape index (κ2) is 8.33. The fraction of sp³-hybridized carbons (Fsp3) is 0.316. The number of hydrogen-bond acceptors (Lipinski definition) is 4. The van der Waals surface area contributed by atoms with E-state index < -0.39 is 0 Å². The molecule has 0 aliphatic carbocycles. The Bertz CT molecular complexity index is 849. The number of aliphatic imine (C=N–C) groups is 1. The molecule has 26 heavy (non-hydrogen) atoms. The van der Waals surface area contributed by atoms with E-state index in [9.17, 15) is 0 Å². The Morgan fingerprint density at radius 1 is 1.23 bits per heavy atom. The third kappa shape index (κ3) is 4.50. The number of nitrogens with zero attached hydrogens (tertiary/aromatic N) is 4. The third-order valence-electron chi connectivity index (χ3n) is 3.81. The molecule has 0 saturated heterocycles. The quantitative estimate of drug-likeness (QED) is 0.527. The summed E-state index contributed by atoms with van der Waals surface area (Å²) in [5.41, 5.74) is 3.08. The smallest absolute Gasteiger partial charge is 0.191 e. The highest BCUT2D eigenvalue weighted by atomic mass is 16.3. The van der Waals surface area contributed by atoms with Crippen LogP contribution in [0.15, 0.2) is 52.2 Å². The molecule has 0 aromatic carbocycles. The molecule has 0 aliphatic heterocycles. The number of guanidine groups is 1. The highest BCUT2D eigenvalue weighted by Crippen LogP contribution is 2.10. The highest BCUT2D eigenvalue weighted by molar-refractivity contribution is 5.79. The third-order valence-corrected chi connectivity index (χ3v) is 3.81. The lowest BCUT2D eigenvalue weighted by Gasteiger charge is -2.10. The van der Waals surface area contributed by atoms with Crippen LogP contribution in [0, 0.1) is 13.8 Å². The van der Waals surface area contributed by atoms with Crippen LogP contribution < -0.4 is 10.6 Å². The zero-order valence-corrected chi connectivity index (χ0v) is 15.4. The van der Waals surface area contributed by atoms with Crippen molar-refractivity contribution in [1.29, 1.82) is 0 Å². The van der Waals surface area contributed by atoms with Gasteiger partial charge in [-0.15, -0.1) is 0 Å². The molecule has 7 heteroatoms. The van der Waals surface area contributed by atoms with E-state index in [-0.39, 0.29) is 0 Å². The van der Waals surface area contributed by atoms with E-state index in [1.165, 1.54) is 0 Å². The van der Waals surface area contributed by atoms with Gasteiger partial charge in [-0.2, -0.15) is 5.10 Å². The fourth-order valence-electron chi connectivity index (χ4n) is 2.59. The monoisotopic (exact) mass is 352 g/mol. The Morgan fingerprint density at radius 2 is 2.12 bits per heavy atom. The molecule has 0 saturated carbocycles. The maximum absolute atomic E-state index is 5.33. The number of furan rings is 1. The first-order valence-corrected chi connectivity index (χ1v) is 8.69. The Balaban J connectivity index is 1.64. The average Bonchev–Trinajstić information content (AvgIpc) is 3.27. The zero-order chi connectivity index (χ0) is 18.4. The number of aromatic nitrogens is 3. The van der Waals surface area contributed by atoms with Gasteiger partial charge in [0.15, 0.2) is 11.8 Å². The van der Waals surface area contributed by atoms with Crippen LogP contribution in [-0.4, -0.2) is 27.3 Å². The van der Waals surface area contributed by atoms with Crippen LogP contribution in [0.1, 0.15) is 29.6 Å². The number of pyridine rings is 1. The van der Waals surface area contributed by atoms with Crippen molar-refractivity contribution >= 4 is 5.96 Å². The molecule has 0 unspecified atom stereocenters. The summed E-state index contributed by atoms with van der Waals surface area (Å²) in [5.74, 6) is 2.42. The van der Waals surface area contributed by atoms with E-state index in [0.29, 0.717) is 13.1 Å². The topological polar surface area (TPSA) is 80.3 Å². The van der Waals surface area contributed by atoms with Crippen molar-refractivity contribution < 1.29 is 4.42 Å². The maximum atomic E-state index is 5.33. The van der Waals surface area contributed by atoms with Gasteiger partial charge in [0.05, 0.1) is 25.0 Å². The van der Waals surface area contributed by atoms with Crippen LogP contribution >= 0.6 is 0 Å². The van der Waals surface area contributed by atoms with Gasteiger partial charge in [0.25, 0.3) is 0 Å². The van der Waals surface area contributed by atoms with Crippen LogP contribution in [-0.2, 0) is 13.1 Å². The predicted molar refractivity (Wildman–Crippen MR) is 101 cm³/mol. The van der Waals surface area contributed by atoms with Gasteiger partial charge in [0.2, 0.25) is 0 Å². The molecule has 3 aromatic rings. The standard InChI is InChI=1S/C19H24N6O/c1-4-20-19(23-13-17-6-5-9-26-17)22-12-16-7-8-18(21-11-16)25-15(3)10-14(2)24-25/h5-11H,4,12-13H2,1-3H3,(H2,20,22,23). The molecule has 0 fully saturated rings. The summed E-state index contributed by atoms with van der Waals surface area (Å²) in [6.45, 7) is 7.96. The first-order chi connectivity index (χ1) is 12.7. The van der Waals surface area contributed by atoms with Crippen LogP contribution in [0.2, 0.25) is 0 Å². The van der Waals surface area contributed by atoms with E-state index in [0.717, 1.165) is 41.0 Å². The zero-order valence-electron chi connectivity index (χ0n) is 15.4. The molecule has 0 spiro atoms. The van der Waals surface area contributed by atoms with E-state index in [2.05, 4.69) is 25.7 Å². The molecule has 7 nitrogen and oxygen atoms in total. The van der Waals surface area contributed by atoms with Gasteiger partial charge in [-0.05, 0) is 50.6 Å². The molecular formula is C19H24N6O. The normalized spacial score (nSPS) is 11.6. The number of nitrogens with one attached hydrogen (secondary N) is 2. The average molecular weight is 352 g/mol. The Hall–Kier alpha value is -3.09. The Morgan fingerprint density at radius 3 is 2.73 bits per heavy atom. The Kier molecular flexibility index (Phi) is 5.68. The number of aryl methyl sites for hydroxylation is 2. The molecular weight excluding hydrogens is 328 g/mol. The predicted octanol–water partition coefficient (Wildman–Crippen LogP) is 2.73. The Labute approximate surface area is 153 Å². The SMILES string of the molecule is CCNC(=NCc1ccc(-n2nc(C)cc2C)nc1)NCc1ccco1. The van der Waals surface area contributed by atoms with Gasteiger partial charge in [-0.25, -0.2) is 14.7 Å². The molecule has 3 heterocycles. The summed E-state index contributed by atoms with van der Waals surface area (Å²) < 4.78 is 7.17. The number of hydrogen-bond donors (Lipinski definition) is 2. The molecule has 3 aromatic heterocycles. The van der Waals surface area contributed by atoms with Crippen molar-refractivity contribution in [3.8, 4) is 5.82 Å². The van der Waals surface area contributed by atoms with Crippen molar-refractivity contribution in [1.82, 2.24) is 25.4 Å². The minimum absolute atomic E-state index is 0.540. The molecule has 3 rings (SSSR count). The van der Waals surface area contributed by atoms with Crippen molar-refractivity contribution in [3.05, 3.63) is 65.5 Å². The lowest BCUT2D eigenvalue weighted by Crippen LogP contribution is -2.36. The van der Waals surface area contributed by atoms with Crippen LogP contribution in [0.3, 0.4) is 0 Å². The van der Waals surface area contributed by atoms with Gasteiger partial charge >= 0.3 is 0 Å². The summed E-state index contributed by atoms with van der Waals surface area (Å²) in [6.07, 6.45) is 3.50. The van der Waals surface area contributed by atoms with Crippen molar-refractivity contribution in [2.45, 2.75) is 33.9 Å². The maximum Gasteiger partial charge on any atom is 0.191 e. The van der Waals surface area contributed by atoms with Crippen molar-refractivity contribution in [2.75, 3.05) is 6.54 Å². The summed E-state index contributed by atoms with van der Waals surface area (Å²) in [7, 11) is 0. The summed E-state index contributed by atoms with van der Waals surface area (Å²) >= 11 is 0. The van der Waals surface area contributed by atoms with Gasteiger partial charge in [0, 0.05) is 18.4 Å². The minimum Gasteiger partial charge on any atom is -0.467 e. The molecule has 0 radical (unpaired) electrons. The van der Waals surface area contributed by atoms with Crippen molar-refractivity contribution in [2.24, 2.45) is 4.99 Å². The summed E-state index contributed by atoms with van der Waals surface area (Å²) in [4.78, 5) is 9.11. The lowest BCUT2D eigenvalue weighted by molar-refractivity contribution is 0.501. The van der Waals surface area contributed by atoms with E-state index in [4.69, 9.17) is 4.42 Å². The largest absolute Gasteiger partial charge is 0.467 e. The number of rotatable bonds is 6. The second-order valence-electron chi connectivity index (χ2n) is 5.99. The molecule has 0 amide bonds. The highest BCUT2D eigenvalue weighted by Gasteiger charge is 2.05. The second-order valence-corrected chi connectivity index (χ2v) is 5.99. The van der Waals surface area contributed by atoms with Crippen LogP contribution in [0.5, 0.6) is 0 Å². The van der Waals surface area contributed by atoms with Crippen LogP contribution in [0.4, 0.5) is 0 Å². The van der Waals surface area contributed by atoms with E-state index in [1.54, 1.807) is 6.26 Å². The first kappa shape index (κ1) is 17.7. The molecule has 136 valence electrons.